The van der Waals surface area contributed by atoms with Gasteiger partial charge in [-0.2, -0.15) is 10.5 Å². The van der Waals surface area contributed by atoms with Crippen LogP contribution in [0.2, 0.25) is 0 Å². The molecule has 0 saturated heterocycles. The van der Waals surface area contributed by atoms with Crippen molar-refractivity contribution < 1.29 is 9.59 Å². The van der Waals surface area contributed by atoms with Gasteiger partial charge in [-0.05, 0) is 36.8 Å². The van der Waals surface area contributed by atoms with Crippen molar-refractivity contribution in [3.05, 3.63) is 80.7 Å². The van der Waals surface area contributed by atoms with E-state index >= 15 is 0 Å². The van der Waals surface area contributed by atoms with E-state index < -0.39 is 11.8 Å². The normalized spacial score (nSPS) is 24.6. The molecule has 0 saturated carbocycles. The Balaban J connectivity index is 1.59. The number of allylic oxidation sites excluding steroid dienone is 6. The molecule has 2 aliphatic heterocycles. The molecule has 0 radical (unpaired) electrons. The summed E-state index contributed by atoms with van der Waals surface area (Å²) >= 11 is 0. The molecule has 2 atom stereocenters. The van der Waals surface area contributed by atoms with E-state index in [0.29, 0.717) is 48.0 Å². The highest BCUT2D eigenvalue weighted by Gasteiger charge is 2.38. The highest BCUT2D eigenvalue weighted by Crippen LogP contribution is 2.44. The first-order valence-electron chi connectivity index (χ1n) is 11.4. The maximum absolute atomic E-state index is 12.8. The standard InChI is InChI=1S/C26H24N6O2/c27-11-15-21(23-17(31-25(15)29)3-1-5-19(23)33)13-7-9-14(10-8-13)22-16(12-28)26(30)32-18-4-2-6-20(34)24(18)22/h7-10,21-22,31-32H,1-6,29-30H2. The molecule has 2 unspecified atom stereocenters. The van der Waals surface area contributed by atoms with Gasteiger partial charge in [0, 0.05) is 35.4 Å². The molecule has 1 aromatic carbocycles. The number of carbonyl (C=O) groups is 2. The molecule has 2 aliphatic carbocycles. The molecule has 1 aromatic rings. The van der Waals surface area contributed by atoms with E-state index in [9.17, 15) is 20.1 Å². The van der Waals surface area contributed by atoms with Crippen molar-refractivity contribution in [2.45, 2.75) is 50.4 Å². The zero-order valence-electron chi connectivity index (χ0n) is 18.6. The van der Waals surface area contributed by atoms with Crippen molar-refractivity contribution in [2.75, 3.05) is 0 Å². The SMILES string of the molecule is N#CC1=C(N)NC2=C(C(=O)CCC2)C1c1ccc(C2C(C#N)=C(N)NC3=C2C(=O)CCC3)cc1. The summed E-state index contributed by atoms with van der Waals surface area (Å²) in [5, 5.41) is 25.7. The van der Waals surface area contributed by atoms with Crippen molar-refractivity contribution in [1.82, 2.24) is 10.6 Å². The third-order valence-corrected chi connectivity index (χ3v) is 7.06. The second-order valence-electron chi connectivity index (χ2n) is 9.00. The Labute approximate surface area is 197 Å². The average molecular weight is 453 g/mol. The van der Waals surface area contributed by atoms with Gasteiger partial charge in [0.05, 0.1) is 35.1 Å². The molecule has 0 bridgehead atoms. The summed E-state index contributed by atoms with van der Waals surface area (Å²) in [6.45, 7) is 0. The highest BCUT2D eigenvalue weighted by atomic mass is 16.1. The highest BCUT2D eigenvalue weighted by molar-refractivity contribution is 6.00. The Bertz CT molecular complexity index is 1230. The number of ketones is 2. The van der Waals surface area contributed by atoms with Crippen LogP contribution in [0.1, 0.15) is 61.5 Å². The Morgan fingerprint density at radius 1 is 0.706 bits per heavy atom. The van der Waals surface area contributed by atoms with Crippen LogP contribution in [-0.2, 0) is 9.59 Å². The number of hydrogen-bond donors (Lipinski definition) is 4. The second-order valence-corrected chi connectivity index (χ2v) is 9.00. The van der Waals surface area contributed by atoms with Gasteiger partial charge in [0.1, 0.15) is 11.6 Å². The van der Waals surface area contributed by atoms with Gasteiger partial charge in [-0.3, -0.25) is 9.59 Å². The van der Waals surface area contributed by atoms with Crippen LogP contribution < -0.4 is 22.1 Å². The molecule has 4 aliphatic rings. The molecule has 2 heterocycles. The molecular formula is C26H24N6O2. The van der Waals surface area contributed by atoms with Crippen LogP contribution in [0.3, 0.4) is 0 Å². The number of hydrogen-bond acceptors (Lipinski definition) is 8. The molecule has 0 spiro atoms. The molecule has 0 fully saturated rings. The van der Waals surface area contributed by atoms with Crippen LogP contribution in [0.15, 0.2) is 69.6 Å². The largest absolute Gasteiger partial charge is 0.384 e. The zero-order chi connectivity index (χ0) is 24.0. The van der Waals surface area contributed by atoms with Gasteiger partial charge in [0.25, 0.3) is 0 Å². The van der Waals surface area contributed by atoms with Gasteiger partial charge in [0.2, 0.25) is 0 Å². The number of Topliss-reactive ketones (excluding diaryl/α,β-unsaturated/α-hetero) is 2. The molecule has 8 heteroatoms. The van der Waals surface area contributed by atoms with E-state index in [2.05, 4.69) is 22.8 Å². The molecule has 8 nitrogen and oxygen atoms in total. The van der Waals surface area contributed by atoms with Gasteiger partial charge >= 0.3 is 0 Å². The smallest absolute Gasteiger partial charge is 0.161 e. The first-order valence-corrected chi connectivity index (χ1v) is 11.4. The minimum Gasteiger partial charge on any atom is -0.384 e. The molecular weight excluding hydrogens is 428 g/mol. The van der Waals surface area contributed by atoms with Crippen LogP contribution in [0.4, 0.5) is 0 Å². The summed E-state index contributed by atoms with van der Waals surface area (Å²) in [5.41, 5.74) is 17.2. The molecule has 34 heavy (non-hydrogen) atoms. The van der Waals surface area contributed by atoms with Crippen LogP contribution in [0, 0.1) is 22.7 Å². The lowest BCUT2D eigenvalue weighted by Crippen LogP contribution is -2.35. The second kappa shape index (κ2) is 8.24. The first-order chi connectivity index (χ1) is 16.4. The summed E-state index contributed by atoms with van der Waals surface area (Å²) in [6.07, 6.45) is 3.79. The number of nitriles is 2. The van der Waals surface area contributed by atoms with E-state index in [1.165, 1.54) is 0 Å². The van der Waals surface area contributed by atoms with Crippen molar-refractivity contribution in [2.24, 2.45) is 11.5 Å². The molecule has 0 aromatic heterocycles. The summed E-state index contributed by atoms with van der Waals surface area (Å²) < 4.78 is 0. The Hall–Kier alpha value is -4.30. The maximum Gasteiger partial charge on any atom is 0.161 e. The van der Waals surface area contributed by atoms with Crippen molar-refractivity contribution in [3.63, 3.8) is 0 Å². The quantitative estimate of drug-likeness (QED) is 0.533. The fourth-order valence-electron chi connectivity index (χ4n) is 5.51. The molecule has 6 N–H and O–H groups in total. The minimum absolute atomic E-state index is 0.0199. The van der Waals surface area contributed by atoms with Crippen molar-refractivity contribution in [3.8, 4) is 12.1 Å². The van der Waals surface area contributed by atoms with Crippen LogP contribution in [0.5, 0.6) is 0 Å². The predicted molar refractivity (Wildman–Crippen MR) is 124 cm³/mol. The van der Waals surface area contributed by atoms with Crippen LogP contribution in [0.25, 0.3) is 0 Å². The van der Waals surface area contributed by atoms with Gasteiger partial charge in [0.15, 0.2) is 11.6 Å². The summed E-state index contributed by atoms with van der Waals surface area (Å²) in [5.74, 6) is -0.503. The van der Waals surface area contributed by atoms with E-state index in [0.717, 1.165) is 35.4 Å². The van der Waals surface area contributed by atoms with E-state index in [4.69, 9.17) is 11.5 Å². The number of dihydropyridines is 2. The maximum atomic E-state index is 12.8. The monoisotopic (exact) mass is 452 g/mol. The lowest BCUT2D eigenvalue weighted by Gasteiger charge is -2.33. The van der Waals surface area contributed by atoms with E-state index in [1.54, 1.807) is 0 Å². The third-order valence-electron chi connectivity index (χ3n) is 7.06. The van der Waals surface area contributed by atoms with Gasteiger partial charge < -0.3 is 22.1 Å². The number of benzene rings is 1. The van der Waals surface area contributed by atoms with Crippen LogP contribution >= 0.6 is 0 Å². The zero-order valence-corrected chi connectivity index (χ0v) is 18.6. The molecule has 0 amide bonds. The van der Waals surface area contributed by atoms with Crippen molar-refractivity contribution in [1.29, 1.82) is 10.5 Å². The third kappa shape index (κ3) is 3.27. The van der Waals surface area contributed by atoms with Gasteiger partial charge in [-0.15, -0.1) is 0 Å². The number of carbonyl (C=O) groups excluding carboxylic acids is 2. The molecule has 170 valence electrons. The first kappa shape index (κ1) is 21.5. The van der Waals surface area contributed by atoms with E-state index in [1.807, 2.05) is 24.3 Å². The predicted octanol–water partition coefficient (Wildman–Crippen LogP) is 2.46. The summed E-state index contributed by atoms with van der Waals surface area (Å²) in [7, 11) is 0. The summed E-state index contributed by atoms with van der Waals surface area (Å²) in [4.78, 5) is 25.7. The lowest BCUT2D eigenvalue weighted by atomic mass is 9.74. The molecule has 5 rings (SSSR count). The van der Waals surface area contributed by atoms with Gasteiger partial charge in [-0.25, -0.2) is 0 Å². The van der Waals surface area contributed by atoms with Crippen LogP contribution in [-0.4, -0.2) is 11.6 Å². The lowest BCUT2D eigenvalue weighted by molar-refractivity contribution is -0.117. The number of nitrogens with two attached hydrogens (primary N) is 2. The number of nitrogens with one attached hydrogen (secondary N) is 2. The Morgan fingerprint density at radius 3 is 1.44 bits per heavy atom. The number of rotatable bonds is 2. The fourth-order valence-corrected chi connectivity index (χ4v) is 5.51. The topological polar surface area (TPSA) is 158 Å². The van der Waals surface area contributed by atoms with Gasteiger partial charge in [-0.1, -0.05) is 24.3 Å². The summed E-state index contributed by atoms with van der Waals surface area (Å²) in [6, 6.07) is 11.8. The fraction of sp³-hybridized carbons (Fsp3) is 0.308. The minimum atomic E-state index is -0.543. The average Bonchev–Trinajstić information content (AvgIpc) is 2.83. The Morgan fingerprint density at radius 2 is 1.09 bits per heavy atom. The van der Waals surface area contributed by atoms with E-state index in [-0.39, 0.29) is 23.2 Å². The number of nitrogens with zero attached hydrogens (tertiary/aromatic N) is 2. The Kier molecular flexibility index (Phi) is 5.22. The van der Waals surface area contributed by atoms with Crippen molar-refractivity contribution >= 4 is 11.6 Å².